The summed E-state index contributed by atoms with van der Waals surface area (Å²) in [5, 5.41) is 3.36. The molecule has 96 valence electrons. The van der Waals surface area contributed by atoms with E-state index in [-0.39, 0.29) is 5.28 Å². The summed E-state index contributed by atoms with van der Waals surface area (Å²) in [7, 11) is 0. The molecule has 0 aromatic carbocycles. The van der Waals surface area contributed by atoms with Crippen LogP contribution in [0.2, 0.25) is 5.28 Å². The van der Waals surface area contributed by atoms with E-state index >= 15 is 0 Å². The van der Waals surface area contributed by atoms with Crippen LogP contribution in [0.1, 0.15) is 17.9 Å². The number of H-pyrrole nitrogens is 1. The third-order valence-corrected chi connectivity index (χ3v) is 2.72. The monoisotopic (exact) mass is 266 g/mol. The van der Waals surface area contributed by atoms with Gasteiger partial charge in [-0.15, -0.1) is 0 Å². The number of aromatic amines is 1. The average molecular weight is 267 g/mol. The molecule has 0 aliphatic carbocycles. The number of halogens is 1. The smallest absolute Gasteiger partial charge is 0.224 e. The van der Waals surface area contributed by atoms with Gasteiger partial charge in [-0.3, -0.25) is 0 Å². The van der Waals surface area contributed by atoms with Crippen LogP contribution in [0.5, 0.6) is 0 Å². The minimum absolute atomic E-state index is 0.204. The van der Waals surface area contributed by atoms with Gasteiger partial charge in [-0.1, -0.05) is 0 Å². The Kier molecular flexibility index (Phi) is 3.99. The molecule has 0 aliphatic heterocycles. The molecule has 0 radical (unpaired) electrons. The van der Waals surface area contributed by atoms with Crippen molar-refractivity contribution < 1.29 is 0 Å². The van der Waals surface area contributed by atoms with Crippen LogP contribution in [0.15, 0.2) is 12.4 Å². The number of imidazole rings is 1. The van der Waals surface area contributed by atoms with Gasteiger partial charge in [0.25, 0.3) is 0 Å². The van der Waals surface area contributed by atoms with Gasteiger partial charge in [0.05, 0.1) is 11.4 Å². The fourth-order valence-electron chi connectivity index (χ4n) is 1.58. The highest BCUT2D eigenvalue weighted by molar-refractivity contribution is 6.28. The third kappa shape index (κ3) is 3.10. The molecule has 2 rings (SSSR count). The molecule has 0 atom stereocenters. The number of hydrogen-bond acceptors (Lipinski definition) is 5. The highest BCUT2D eigenvalue weighted by atomic mass is 35.5. The first-order chi connectivity index (χ1) is 8.66. The number of nitrogens with two attached hydrogens (primary N) is 1. The van der Waals surface area contributed by atoms with Crippen LogP contribution in [0.3, 0.4) is 0 Å². The Bertz CT molecular complexity index is 511. The minimum Gasteiger partial charge on any atom is -0.394 e. The van der Waals surface area contributed by atoms with Gasteiger partial charge in [0.1, 0.15) is 5.82 Å². The van der Waals surface area contributed by atoms with Crippen molar-refractivity contribution in [1.29, 1.82) is 0 Å². The number of aromatic nitrogens is 4. The maximum atomic E-state index is 5.86. The minimum atomic E-state index is 0.204. The second-order valence-corrected chi connectivity index (χ2v) is 4.24. The first-order valence-corrected chi connectivity index (χ1v) is 6.06. The van der Waals surface area contributed by atoms with Crippen molar-refractivity contribution >= 4 is 23.1 Å². The lowest BCUT2D eigenvalue weighted by Gasteiger charge is -2.09. The number of nitrogens with zero attached hydrogens (tertiary/aromatic N) is 3. The second-order valence-electron chi connectivity index (χ2n) is 3.91. The van der Waals surface area contributed by atoms with Gasteiger partial charge in [0.15, 0.2) is 5.82 Å². The third-order valence-electron chi connectivity index (χ3n) is 2.55. The van der Waals surface area contributed by atoms with Crippen molar-refractivity contribution in [2.75, 3.05) is 17.6 Å². The predicted molar refractivity (Wildman–Crippen MR) is 71.6 cm³/mol. The number of rotatable bonds is 5. The van der Waals surface area contributed by atoms with Gasteiger partial charge in [-0.25, -0.2) is 9.97 Å². The molecule has 18 heavy (non-hydrogen) atoms. The van der Waals surface area contributed by atoms with E-state index in [0.29, 0.717) is 17.2 Å². The van der Waals surface area contributed by atoms with Gasteiger partial charge < -0.3 is 16.0 Å². The maximum Gasteiger partial charge on any atom is 0.224 e. The van der Waals surface area contributed by atoms with E-state index in [2.05, 4.69) is 25.3 Å². The molecule has 0 saturated carbocycles. The summed E-state index contributed by atoms with van der Waals surface area (Å²) >= 11 is 5.78. The Morgan fingerprint density at radius 3 is 3.00 bits per heavy atom. The van der Waals surface area contributed by atoms with E-state index in [1.807, 2.05) is 6.20 Å². The Hall–Kier alpha value is -1.82. The van der Waals surface area contributed by atoms with Crippen molar-refractivity contribution in [2.24, 2.45) is 0 Å². The number of hydrogen-bond donors (Lipinski definition) is 3. The van der Waals surface area contributed by atoms with Crippen molar-refractivity contribution in [3.05, 3.63) is 29.2 Å². The predicted octanol–water partition coefficient (Wildman–Crippen LogP) is 1.79. The fraction of sp³-hybridized carbons (Fsp3) is 0.364. The number of nitrogens with one attached hydrogen (secondary N) is 2. The van der Waals surface area contributed by atoms with E-state index in [0.717, 1.165) is 25.2 Å². The van der Waals surface area contributed by atoms with Crippen molar-refractivity contribution in [3.8, 4) is 0 Å². The van der Waals surface area contributed by atoms with Crippen molar-refractivity contribution in [3.63, 3.8) is 0 Å². The summed E-state index contributed by atoms with van der Waals surface area (Å²) < 4.78 is 0. The quantitative estimate of drug-likeness (QED) is 0.567. The molecular formula is C11H15ClN6. The summed E-state index contributed by atoms with van der Waals surface area (Å²) in [6.07, 6.45) is 5.36. The van der Waals surface area contributed by atoms with Gasteiger partial charge in [-0.2, -0.15) is 4.98 Å². The Morgan fingerprint density at radius 1 is 1.44 bits per heavy atom. The largest absolute Gasteiger partial charge is 0.394 e. The molecule has 2 aromatic heterocycles. The van der Waals surface area contributed by atoms with Crippen LogP contribution < -0.4 is 11.1 Å². The van der Waals surface area contributed by atoms with Crippen LogP contribution in [0.4, 0.5) is 11.5 Å². The van der Waals surface area contributed by atoms with Crippen LogP contribution in [0, 0.1) is 6.92 Å². The van der Waals surface area contributed by atoms with Gasteiger partial charge >= 0.3 is 0 Å². The highest BCUT2D eigenvalue weighted by Gasteiger charge is 2.06. The molecule has 7 heteroatoms. The molecule has 0 unspecified atom stereocenters. The molecule has 2 aromatic rings. The van der Waals surface area contributed by atoms with E-state index in [9.17, 15) is 0 Å². The number of anilines is 2. The van der Waals surface area contributed by atoms with Crippen LogP contribution in [-0.2, 0) is 6.42 Å². The van der Waals surface area contributed by atoms with Crippen LogP contribution >= 0.6 is 11.6 Å². The zero-order valence-corrected chi connectivity index (χ0v) is 10.8. The SMILES string of the molecule is Cc1nc(Cl)nc(NCCCc2ncc[nH]2)c1N. The summed E-state index contributed by atoms with van der Waals surface area (Å²) in [4.78, 5) is 15.2. The molecule has 2 heterocycles. The Morgan fingerprint density at radius 2 is 2.28 bits per heavy atom. The normalized spacial score (nSPS) is 10.6. The molecule has 6 nitrogen and oxygen atoms in total. The molecule has 0 aliphatic rings. The van der Waals surface area contributed by atoms with Crippen LogP contribution in [0.25, 0.3) is 0 Å². The number of aryl methyl sites for hydroxylation is 2. The van der Waals surface area contributed by atoms with Gasteiger partial charge in [-0.05, 0) is 24.9 Å². The molecule has 0 bridgehead atoms. The van der Waals surface area contributed by atoms with Crippen molar-refractivity contribution in [2.45, 2.75) is 19.8 Å². The fourth-order valence-corrected chi connectivity index (χ4v) is 1.79. The molecule has 0 fully saturated rings. The van der Waals surface area contributed by atoms with Crippen molar-refractivity contribution in [1.82, 2.24) is 19.9 Å². The lowest BCUT2D eigenvalue weighted by atomic mass is 10.3. The lowest BCUT2D eigenvalue weighted by Crippen LogP contribution is -2.09. The zero-order chi connectivity index (χ0) is 13.0. The summed E-state index contributed by atoms with van der Waals surface area (Å²) in [6, 6.07) is 0. The average Bonchev–Trinajstić information content (AvgIpc) is 2.83. The van der Waals surface area contributed by atoms with E-state index < -0.39 is 0 Å². The van der Waals surface area contributed by atoms with E-state index in [1.54, 1.807) is 13.1 Å². The molecule has 0 spiro atoms. The number of nitrogen functional groups attached to an aromatic ring is 1. The van der Waals surface area contributed by atoms with E-state index in [4.69, 9.17) is 17.3 Å². The molecular weight excluding hydrogens is 252 g/mol. The second kappa shape index (κ2) is 5.68. The maximum absolute atomic E-state index is 5.86. The topological polar surface area (TPSA) is 92.5 Å². The highest BCUT2D eigenvalue weighted by Crippen LogP contribution is 2.20. The standard InChI is InChI=1S/C11H15ClN6/c1-7-9(13)10(18-11(12)17-7)16-4-2-3-8-14-5-6-15-8/h5-6H,2-4,13H2,1H3,(H,14,15)(H,16,17,18). The van der Waals surface area contributed by atoms with Crippen LogP contribution in [-0.4, -0.2) is 26.5 Å². The summed E-state index contributed by atoms with van der Waals surface area (Å²) in [5.74, 6) is 1.56. The first-order valence-electron chi connectivity index (χ1n) is 5.68. The molecule has 4 N–H and O–H groups in total. The first kappa shape index (κ1) is 12.6. The lowest BCUT2D eigenvalue weighted by molar-refractivity contribution is 0.813. The summed E-state index contributed by atoms with van der Waals surface area (Å²) in [5.41, 5.74) is 7.09. The summed E-state index contributed by atoms with van der Waals surface area (Å²) in [6.45, 7) is 2.55. The Balaban J connectivity index is 1.86. The van der Waals surface area contributed by atoms with E-state index in [1.165, 1.54) is 0 Å². The van der Waals surface area contributed by atoms with Gasteiger partial charge in [0.2, 0.25) is 5.28 Å². The molecule has 0 saturated heterocycles. The Labute approximate surface area is 110 Å². The molecule has 0 amide bonds. The zero-order valence-electron chi connectivity index (χ0n) is 10.1. The van der Waals surface area contributed by atoms with Gasteiger partial charge in [0, 0.05) is 25.4 Å².